The van der Waals surface area contributed by atoms with Crippen molar-refractivity contribution in [2.24, 2.45) is 4.99 Å². The standard InChI is InChI=1S/C13H10F3NO3/c14-13(15,16)8-1-2-9-11(20-6-5-19-9)10(8)12(3-4-12)17-7-18/h1-2H,3-6H2. The van der Waals surface area contributed by atoms with E-state index in [-0.39, 0.29) is 30.3 Å². The predicted octanol–water partition coefficient (Wildman–Crippen LogP) is 2.80. The molecule has 1 aromatic rings. The van der Waals surface area contributed by atoms with Crippen LogP contribution < -0.4 is 9.47 Å². The van der Waals surface area contributed by atoms with E-state index in [1.807, 2.05) is 0 Å². The molecule has 3 rings (SSSR count). The summed E-state index contributed by atoms with van der Waals surface area (Å²) >= 11 is 0. The van der Waals surface area contributed by atoms with Gasteiger partial charge in [0.25, 0.3) is 0 Å². The van der Waals surface area contributed by atoms with Crippen molar-refractivity contribution in [3.8, 4) is 11.5 Å². The first-order valence-corrected chi connectivity index (χ1v) is 6.07. The van der Waals surface area contributed by atoms with E-state index in [4.69, 9.17) is 9.47 Å². The topological polar surface area (TPSA) is 47.9 Å². The Bertz CT molecular complexity index is 602. The molecule has 106 valence electrons. The van der Waals surface area contributed by atoms with Gasteiger partial charge in [-0.1, -0.05) is 0 Å². The molecule has 7 heteroatoms. The first-order chi connectivity index (χ1) is 9.48. The van der Waals surface area contributed by atoms with Crippen molar-refractivity contribution in [3.05, 3.63) is 23.3 Å². The van der Waals surface area contributed by atoms with E-state index >= 15 is 0 Å². The molecule has 0 amide bonds. The third-order valence-corrected chi connectivity index (χ3v) is 3.46. The second-order valence-corrected chi connectivity index (χ2v) is 4.74. The lowest BCUT2D eigenvalue weighted by molar-refractivity contribution is -0.138. The zero-order chi connectivity index (χ0) is 14.4. The third kappa shape index (κ3) is 1.94. The number of benzene rings is 1. The maximum atomic E-state index is 13.2. The van der Waals surface area contributed by atoms with E-state index in [0.717, 1.165) is 6.07 Å². The molecule has 20 heavy (non-hydrogen) atoms. The Morgan fingerprint density at radius 3 is 2.50 bits per heavy atom. The molecule has 0 radical (unpaired) electrons. The molecule has 2 aliphatic rings. The molecule has 0 bridgehead atoms. The largest absolute Gasteiger partial charge is 0.486 e. The number of hydrogen-bond donors (Lipinski definition) is 0. The van der Waals surface area contributed by atoms with E-state index in [9.17, 15) is 18.0 Å². The second-order valence-electron chi connectivity index (χ2n) is 4.74. The summed E-state index contributed by atoms with van der Waals surface area (Å²) in [6.07, 6.45) is -2.44. The normalized spacial score (nSPS) is 19.1. The minimum absolute atomic E-state index is 0.0441. The van der Waals surface area contributed by atoms with Gasteiger partial charge in [-0.3, -0.25) is 0 Å². The summed E-state index contributed by atoms with van der Waals surface area (Å²) in [6.45, 7) is 0.448. The fraction of sp³-hybridized carbons (Fsp3) is 0.462. The number of rotatable bonds is 2. The number of hydrogen-bond acceptors (Lipinski definition) is 4. The lowest BCUT2D eigenvalue weighted by Gasteiger charge is -2.26. The van der Waals surface area contributed by atoms with Crippen LogP contribution in [0.2, 0.25) is 0 Å². The van der Waals surface area contributed by atoms with E-state index in [1.165, 1.54) is 12.1 Å². The maximum absolute atomic E-state index is 13.2. The van der Waals surface area contributed by atoms with Crippen LogP contribution in [0, 0.1) is 0 Å². The van der Waals surface area contributed by atoms with Crippen LogP contribution in [0.5, 0.6) is 11.5 Å². The summed E-state index contributed by atoms with van der Waals surface area (Å²) in [5.74, 6) is 0.300. The van der Waals surface area contributed by atoms with Crippen LogP contribution in [-0.2, 0) is 16.5 Å². The van der Waals surface area contributed by atoms with Gasteiger partial charge in [0.15, 0.2) is 11.5 Å². The van der Waals surface area contributed by atoms with Crippen LogP contribution >= 0.6 is 0 Å². The van der Waals surface area contributed by atoms with Crippen LogP contribution in [0.3, 0.4) is 0 Å². The van der Waals surface area contributed by atoms with Crippen LogP contribution in [0.4, 0.5) is 13.2 Å². The molecule has 0 N–H and O–H groups in total. The number of halogens is 3. The molecule has 1 aliphatic carbocycles. The molecule has 4 nitrogen and oxygen atoms in total. The quantitative estimate of drug-likeness (QED) is 0.620. The average Bonchev–Trinajstić information content (AvgIpc) is 3.17. The minimum atomic E-state index is -4.54. The smallest absolute Gasteiger partial charge is 0.416 e. The summed E-state index contributed by atoms with van der Waals surface area (Å²) in [5, 5.41) is 0. The van der Waals surface area contributed by atoms with Crippen LogP contribution in [0.1, 0.15) is 24.0 Å². The third-order valence-electron chi connectivity index (χ3n) is 3.46. The van der Waals surface area contributed by atoms with Crippen molar-refractivity contribution < 1.29 is 27.4 Å². The monoisotopic (exact) mass is 285 g/mol. The first-order valence-electron chi connectivity index (χ1n) is 6.07. The Kier molecular flexibility index (Phi) is 2.76. The van der Waals surface area contributed by atoms with Crippen molar-refractivity contribution in [1.29, 1.82) is 0 Å². The molecule has 0 atom stereocenters. The van der Waals surface area contributed by atoms with Gasteiger partial charge in [-0.05, 0) is 25.0 Å². The fourth-order valence-corrected chi connectivity index (χ4v) is 2.44. The highest BCUT2D eigenvalue weighted by molar-refractivity contribution is 5.58. The number of ether oxygens (including phenoxy) is 2. The van der Waals surface area contributed by atoms with Gasteiger partial charge in [0.1, 0.15) is 18.8 Å². The van der Waals surface area contributed by atoms with Gasteiger partial charge in [0.05, 0.1) is 5.56 Å². The summed E-state index contributed by atoms with van der Waals surface area (Å²) in [7, 11) is 0. The molecule has 0 aromatic heterocycles. The molecular weight excluding hydrogens is 275 g/mol. The van der Waals surface area contributed by atoms with E-state index in [0.29, 0.717) is 12.8 Å². The van der Waals surface area contributed by atoms with Crippen LogP contribution in [0.15, 0.2) is 17.1 Å². The summed E-state index contributed by atoms with van der Waals surface area (Å²) in [5.41, 5.74) is -2.11. The molecule has 1 aliphatic heterocycles. The number of nitrogens with zero attached hydrogens (tertiary/aromatic N) is 1. The average molecular weight is 285 g/mol. The first kappa shape index (κ1) is 13.0. The van der Waals surface area contributed by atoms with Gasteiger partial charge in [-0.15, -0.1) is 0 Å². The Morgan fingerprint density at radius 1 is 1.20 bits per heavy atom. The van der Waals surface area contributed by atoms with Gasteiger partial charge < -0.3 is 9.47 Å². The molecule has 1 saturated carbocycles. The van der Waals surface area contributed by atoms with Crippen molar-refractivity contribution in [2.45, 2.75) is 24.6 Å². The molecule has 0 saturated heterocycles. The summed E-state index contributed by atoms with van der Waals surface area (Å²) in [6, 6.07) is 2.19. The second kappa shape index (κ2) is 4.24. The predicted molar refractivity (Wildman–Crippen MR) is 61.5 cm³/mol. The highest BCUT2D eigenvalue weighted by atomic mass is 19.4. The van der Waals surface area contributed by atoms with E-state index < -0.39 is 17.3 Å². The van der Waals surface area contributed by atoms with Gasteiger partial charge in [0.2, 0.25) is 6.08 Å². The highest BCUT2D eigenvalue weighted by Gasteiger charge is 2.53. The lowest BCUT2D eigenvalue weighted by Crippen LogP contribution is -2.22. The molecule has 0 spiro atoms. The van der Waals surface area contributed by atoms with Gasteiger partial charge in [-0.25, -0.2) is 4.79 Å². The van der Waals surface area contributed by atoms with Crippen LogP contribution in [0.25, 0.3) is 0 Å². The molecule has 1 fully saturated rings. The van der Waals surface area contributed by atoms with Gasteiger partial charge in [0, 0.05) is 5.56 Å². The Morgan fingerprint density at radius 2 is 1.90 bits per heavy atom. The van der Waals surface area contributed by atoms with Crippen molar-refractivity contribution in [1.82, 2.24) is 0 Å². The van der Waals surface area contributed by atoms with Gasteiger partial charge in [-0.2, -0.15) is 18.2 Å². The number of isocyanates is 1. The van der Waals surface area contributed by atoms with Crippen LogP contribution in [-0.4, -0.2) is 19.3 Å². The van der Waals surface area contributed by atoms with E-state index in [2.05, 4.69) is 4.99 Å². The molecule has 1 aromatic carbocycles. The Balaban J connectivity index is 2.25. The zero-order valence-corrected chi connectivity index (χ0v) is 10.3. The highest BCUT2D eigenvalue weighted by Crippen LogP contribution is 2.58. The Hall–Kier alpha value is -2.01. The number of fused-ring (bicyclic) bond motifs is 1. The lowest BCUT2D eigenvalue weighted by atomic mass is 9.96. The SMILES string of the molecule is O=C=NC1(c2c(C(F)(F)F)ccc3c2OCCO3)CC1. The van der Waals surface area contributed by atoms with Crippen molar-refractivity contribution in [2.75, 3.05) is 13.2 Å². The van der Waals surface area contributed by atoms with E-state index in [1.54, 1.807) is 0 Å². The van der Waals surface area contributed by atoms with Crippen molar-refractivity contribution >= 4 is 6.08 Å². The molecular formula is C13H10F3NO3. The fourth-order valence-electron chi connectivity index (χ4n) is 2.44. The summed E-state index contributed by atoms with van der Waals surface area (Å²) in [4.78, 5) is 14.1. The number of alkyl halides is 3. The Labute approximate surface area is 112 Å². The molecule has 1 heterocycles. The number of aliphatic imine (C=N–C) groups is 1. The minimum Gasteiger partial charge on any atom is -0.486 e. The van der Waals surface area contributed by atoms with Gasteiger partial charge >= 0.3 is 6.18 Å². The molecule has 0 unspecified atom stereocenters. The maximum Gasteiger partial charge on any atom is 0.416 e. The zero-order valence-electron chi connectivity index (χ0n) is 10.3. The number of carbonyl (C=O) groups excluding carboxylic acids is 1. The summed E-state index contributed by atoms with van der Waals surface area (Å²) < 4.78 is 50.2. The van der Waals surface area contributed by atoms with Crippen molar-refractivity contribution in [3.63, 3.8) is 0 Å².